The fourth-order valence-electron chi connectivity index (χ4n) is 1.18. The van der Waals surface area contributed by atoms with Gasteiger partial charge in [-0.2, -0.15) is 0 Å². The van der Waals surface area contributed by atoms with E-state index in [9.17, 15) is 13.6 Å². The number of nitrogens with one attached hydrogen (secondary N) is 2. The molecule has 1 heterocycles. The Kier molecular flexibility index (Phi) is 4.19. The van der Waals surface area contributed by atoms with E-state index in [4.69, 9.17) is 5.73 Å². The Balaban J connectivity index is 2.81. The lowest BCUT2D eigenvalue weighted by molar-refractivity contribution is -0.121. The molecule has 94 valence electrons. The number of rotatable bonds is 4. The van der Waals surface area contributed by atoms with Crippen LogP contribution in [-0.4, -0.2) is 23.5 Å². The van der Waals surface area contributed by atoms with Crippen LogP contribution in [0.2, 0.25) is 0 Å². The number of halogens is 2. The number of nitrogen functional groups attached to an aromatic ring is 1. The van der Waals surface area contributed by atoms with Gasteiger partial charge in [-0.15, -0.1) is 0 Å². The number of aromatic nitrogens is 1. The van der Waals surface area contributed by atoms with Crippen LogP contribution in [0.1, 0.15) is 13.8 Å². The third-order valence-electron chi connectivity index (χ3n) is 2.05. The van der Waals surface area contributed by atoms with Crippen molar-refractivity contribution >= 4 is 17.5 Å². The zero-order chi connectivity index (χ0) is 13.0. The lowest BCUT2D eigenvalue weighted by Gasteiger charge is -2.14. The summed E-state index contributed by atoms with van der Waals surface area (Å²) in [4.78, 5) is 14.9. The van der Waals surface area contributed by atoms with Gasteiger partial charge >= 0.3 is 0 Å². The molecule has 0 saturated carbocycles. The SMILES string of the molecule is CCNC(=O)C(C)Nc1nc(N)c(F)cc1F. The number of hydrogen-bond donors (Lipinski definition) is 3. The molecule has 5 nitrogen and oxygen atoms in total. The van der Waals surface area contributed by atoms with Gasteiger partial charge in [-0.05, 0) is 13.8 Å². The van der Waals surface area contributed by atoms with Gasteiger partial charge in [0.15, 0.2) is 23.3 Å². The van der Waals surface area contributed by atoms with E-state index in [0.717, 1.165) is 0 Å². The van der Waals surface area contributed by atoms with Crippen molar-refractivity contribution in [3.05, 3.63) is 17.7 Å². The topological polar surface area (TPSA) is 80.0 Å². The molecule has 17 heavy (non-hydrogen) atoms. The van der Waals surface area contributed by atoms with Crippen LogP contribution >= 0.6 is 0 Å². The standard InChI is InChI=1S/C10H14F2N4O/c1-3-14-10(17)5(2)15-9-7(12)4-6(11)8(13)16-9/h4-5H,3H2,1-2H3,(H,14,17)(H3,13,15,16). The van der Waals surface area contributed by atoms with Crippen LogP contribution in [0.3, 0.4) is 0 Å². The minimum absolute atomic E-state index is 0.248. The van der Waals surface area contributed by atoms with E-state index in [-0.39, 0.29) is 11.7 Å². The summed E-state index contributed by atoms with van der Waals surface area (Å²) >= 11 is 0. The first kappa shape index (κ1) is 13.1. The molecule has 1 aromatic heterocycles. The van der Waals surface area contributed by atoms with Crippen molar-refractivity contribution in [2.24, 2.45) is 0 Å². The molecule has 0 aliphatic heterocycles. The van der Waals surface area contributed by atoms with E-state index < -0.39 is 23.5 Å². The molecular weight excluding hydrogens is 230 g/mol. The van der Waals surface area contributed by atoms with Crippen molar-refractivity contribution in [1.29, 1.82) is 0 Å². The van der Waals surface area contributed by atoms with Crippen LogP contribution in [0.4, 0.5) is 20.4 Å². The highest BCUT2D eigenvalue weighted by atomic mass is 19.1. The summed E-state index contributed by atoms with van der Waals surface area (Å²) in [5, 5.41) is 5.07. The average molecular weight is 244 g/mol. The third kappa shape index (κ3) is 3.27. The Morgan fingerprint density at radius 1 is 1.53 bits per heavy atom. The van der Waals surface area contributed by atoms with E-state index in [0.29, 0.717) is 12.6 Å². The number of amides is 1. The molecule has 4 N–H and O–H groups in total. The maximum absolute atomic E-state index is 13.3. The fraction of sp³-hybridized carbons (Fsp3) is 0.400. The molecule has 0 aliphatic rings. The zero-order valence-corrected chi connectivity index (χ0v) is 9.55. The number of carbonyl (C=O) groups excluding carboxylic acids is 1. The van der Waals surface area contributed by atoms with E-state index in [1.807, 2.05) is 0 Å². The predicted molar refractivity (Wildman–Crippen MR) is 60.3 cm³/mol. The van der Waals surface area contributed by atoms with Crippen LogP contribution in [0.5, 0.6) is 0 Å². The third-order valence-corrected chi connectivity index (χ3v) is 2.05. The second kappa shape index (κ2) is 5.42. The smallest absolute Gasteiger partial charge is 0.242 e. The van der Waals surface area contributed by atoms with Gasteiger partial charge in [0, 0.05) is 12.6 Å². The first-order chi connectivity index (χ1) is 7.95. The monoisotopic (exact) mass is 244 g/mol. The summed E-state index contributed by atoms with van der Waals surface area (Å²) in [7, 11) is 0. The van der Waals surface area contributed by atoms with E-state index in [1.165, 1.54) is 6.92 Å². The normalized spacial score (nSPS) is 12.0. The highest BCUT2D eigenvalue weighted by Crippen LogP contribution is 2.17. The summed E-state index contributed by atoms with van der Waals surface area (Å²) in [6.07, 6.45) is 0. The highest BCUT2D eigenvalue weighted by molar-refractivity contribution is 5.83. The number of pyridine rings is 1. The molecule has 1 atom stereocenters. The van der Waals surface area contributed by atoms with E-state index in [2.05, 4.69) is 15.6 Å². The van der Waals surface area contributed by atoms with Crippen LogP contribution in [0.25, 0.3) is 0 Å². The first-order valence-corrected chi connectivity index (χ1v) is 5.11. The molecule has 1 amide bonds. The van der Waals surface area contributed by atoms with Crippen molar-refractivity contribution < 1.29 is 13.6 Å². The summed E-state index contributed by atoms with van der Waals surface area (Å²) < 4.78 is 26.1. The molecule has 7 heteroatoms. The van der Waals surface area contributed by atoms with Crippen LogP contribution in [0.15, 0.2) is 6.07 Å². The molecule has 0 radical (unpaired) electrons. The summed E-state index contributed by atoms with van der Waals surface area (Å²) in [6, 6.07) is -0.0726. The maximum atomic E-state index is 13.3. The van der Waals surface area contributed by atoms with Crippen LogP contribution in [-0.2, 0) is 4.79 Å². The lowest BCUT2D eigenvalue weighted by Crippen LogP contribution is -2.37. The van der Waals surface area contributed by atoms with Gasteiger partial charge in [-0.1, -0.05) is 0 Å². The Hall–Kier alpha value is -1.92. The Morgan fingerprint density at radius 2 is 2.18 bits per heavy atom. The Labute approximate surface area is 97.4 Å². The highest BCUT2D eigenvalue weighted by Gasteiger charge is 2.16. The van der Waals surface area contributed by atoms with Gasteiger partial charge in [0.25, 0.3) is 0 Å². The van der Waals surface area contributed by atoms with Crippen molar-refractivity contribution in [2.75, 3.05) is 17.6 Å². The molecule has 0 spiro atoms. The number of likely N-dealkylation sites (N-methyl/N-ethyl adjacent to an activating group) is 1. The Bertz CT molecular complexity index is 425. The number of anilines is 2. The van der Waals surface area contributed by atoms with Crippen molar-refractivity contribution in [3.63, 3.8) is 0 Å². The van der Waals surface area contributed by atoms with Gasteiger partial charge in [-0.25, -0.2) is 13.8 Å². The largest absolute Gasteiger partial charge is 0.381 e. The number of nitrogens with two attached hydrogens (primary N) is 1. The lowest BCUT2D eigenvalue weighted by atomic mass is 10.3. The Morgan fingerprint density at radius 3 is 2.76 bits per heavy atom. The van der Waals surface area contributed by atoms with E-state index in [1.54, 1.807) is 6.92 Å². The van der Waals surface area contributed by atoms with Crippen LogP contribution < -0.4 is 16.4 Å². The summed E-state index contributed by atoms with van der Waals surface area (Å²) in [6.45, 7) is 3.76. The quantitative estimate of drug-likeness (QED) is 0.734. The van der Waals surface area contributed by atoms with Gasteiger partial charge in [0.2, 0.25) is 5.91 Å². The first-order valence-electron chi connectivity index (χ1n) is 5.11. The molecule has 0 bridgehead atoms. The molecule has 1 rings (SSSR count). The second-order valence-corrected chi connectivity index (χ2v) is 3.45. The van der Waals surface area contributed by atoms with Crippen molar-refractivity contribution in [3.8, 4) is 0 Å². The fourth-order valence-corrected chi connectivity index (χ4v) is 1.18. The number of hydrogen-bond acceptors (Lipinski definition) is 4. The number of nitrogens with zero attached hydrogens (tertiary/aromatic N) is 1. The van der Waals surface area contributed by atoms with Crippen molar-refractivity contribution in [2.45, 2.75) is 19.9 Å². The minimum Gasteiger partial charge on any atom is -0.381 e. The summed E-state index contributed by atoms with van der Waals surface area (Å²) in [5.74, 6) is -2.80. The minimum atomic E-state index is -0.932. The predicted octanol–water partition coefficient (Wildman–Crippen LogP) is 0.878. The van der Waals surface area contributed by atoms with Gasteiger partial charge in [0.05, 0.1) is 0 Å². The second-order valence-electron chi connectivity index (χ2n) is 3.45. The molecule has 0 saturated heterocycles. The number of carbonyl (C=O) groups is 1. The van der Waals surface area contributed by atoms with Gasteiger partial charge in [-0.3, -0.25) is 4.79 Å². The zero-order valence-electron chi connectivity index (χ0n) is 9.55. The maximum Gasteiger partial charge on any atom is 0.242 e. The summed E-state index contributed by atoms with van der Waals surface area (Å²) in [5.41, 5.74) is 5.21. The molecule has 1 unspecified atom stereocenters. The molecule has 0 fully saturated rings. The van der Waals surface area contributed by atoms with Gasteiger partial charge < -0.3 is 16.4 Å². The molecule has 0 aromatic carbocycles. The molecule has 1 aromatic rings. The van der Waals surface area contributed by atoms with Crippen molar-refractivity contribution in [1.82, 2.24) is 10.3 Å². The van der Waals surface area contributed by atoms with Crippen LogP contribution in [0, 0.1) is 11.6 Å². The van der Waals surface area contributed by atoms with E-state index >= 15 is 0 Å². The average Bonchev–Trinajstić information content (AvgIpc) is 2.26. The molecule has 0 aliphatic carbocycles. The molecular formula is C10H14F2N4O. The van der Waals surface area contributed by atoms with Gasteiger partial charge in [0.1, 0.15) is 6.04 Å².